The molecule has 3 aliphatic heterocycles. The Bertz CT molecular complexity index is 945. The minimum absolute atomic E-state index is 0.0293. The summed E-state index contributed by atoms with van der Waals surface area (Å²) in [6.45, 7) is 1.91. The summed E-state index contributed by atoms with van der Waals surface area (Å²) in [6, 6.07) is 12.8. The second-order valence-electron chi connectivity index (χ2n) is 7.04. The molecule has 2 aromatic carbocycles. The van der Waals surface area contributed by atoms with Crippen LogP contribution in [0.5, 0.6) is 11.5 Å². The predicted octanol–water partition coefficient (Wildman–Crippen LogP) is 2.59. The molecule has 0 saturated carbocycles. The molecule has 3 aliphatic rings. The van der Waals surface area contributed by atoms with Crippen molar-refractivity contribution in [2.45, 2.75) is 11.8 Å². The Balaban J connectivity index is 1.34. The first kappa shape index (κ1) is 16.0. The third-order valence-corrected chi connectivity index (χ3v) is 5.48. The maximum Gasteiger partial charge on any atom is 0.321 e. The number of fused-ring (bicyclic) bond motifs is 3. The van der Waals surface area contributed by atoms with Crippen LogP contribution in [0.2, 0.25) is 0 Å². The molecule has 2 aromatic rings. The zero-order valence-corrected chi connectivity index (χ0v) is 14.7. The van der Waals surface area contributed by atoms with Crippen molar-refractivity contribution in [2.75, 3.05) is 36.9 Å². The molecule has 7 heteroatoms. The predicted molar refractivity (Wildman–Crippen MR) is 99.4 cm³/mol. The Morgan fingerprint density at radius 1 is 1.11 bits per heavy atom. The first-order chi connectivity index (χ1) is 13.2. The summed E-state index contributed by atoms with van der Waals surface area (Å²) in [5, 5.41) is 5.84. The number of nitrogens with one attached hydrogen (secondary N) is 2. The van der Waals surface area contributed by atoms with Crippen molar-refractivity contribution >= 4 is 23.3 Å². The van der Waals surface area contributed by atoms with Gasteiger partial charge in [0.2, 0.25) is 5.91 Å². The summed E-state index contributed by atoms with van der Waals surface area (Å²) in [5.74, 6) is 1.28. The molecule has 1 fully saturated rings. The summed E-state index contributed by atoms with van der Waals surface area (Å²) < 4.78 is 11.1. The molecule has 0 radical (unpaired) electrons. The Morgan fingerprint density at radius 3 is 2.81 bits per heavy atom. The largest absolute Gasteiger partial charge is 0.486 e. The number of hydrogen-bond acceptors (Lipinski definition) is 4. The number of amides is 3. The molecule has 1 atom stereocenters. The highest BCUT2D eigenvalue weighted by Gasteiger charge is 2.51. The van der Waals surface area contributed by atoms with Crippen molar-refractivity contribution in [2.24, 2.45) is 0 Å². The minimum Gasteiger partial charge on any atom is -0.486 e. The van der Waals surface area contributed by atoms with E-state index in [2.05, 4.69) is 10.6 Å². The Hall–Kier alpha value is -3.22. The molecular formula is C20H19N3O4. The average Bonchev–Trinajstić information content (AvgIpc) is 3.25. The van der Waals surface area contributed by atoms with E-state index >= 15 is 0 Å². The number of benzene rings is 2. The number of carbonyl (C=O) groups is 2. The number of hydrogen-bond donors (Lipinski definition) is 2. The van der Waals surface area contributed by atoms with E-state index in [1.807, 2.05) is 24.3 Å². The highest BCUT2D eigenvalue weighted by Crippen LogP contribution is 2.44. The van der Waals surface area contributed by atoms with E-state index in [1.54, 1.807) is 23.1 Å². The van der Waals surface area contributed by atoms with Crippen LogP contribution in [0.25, 0.3) is 0 Å². The van der Waals surface area contributed by atoms with E-state index in [0.717, 1.165) is 11.3 Å². The average molecular weight is 365 g/mol. The van der Waals surface area contributed by atoms with Crippen molar-refractivity contribution in [1.29, 1.82) is 0 Å². The summed E-state index contributed by atoms with van der Waals surface area (Å²) >= 11 is 0. The first-order valence-corrected chi connectivity index (χ1v) is 9.02. The molecule has 2 N–H and O–H groups in total. The van der Waals surface area contributed by atoms with Crippen LogP contribution < -0.4 is 20.1 Å². The van der Waals surface area contributed by atoms with E-state index in [0.29, 0.717) is 49.9 Å². The maximum absolute atomic E-state index is 12.8. The van der Waals surface area contributed by atoms with Gasteiger partial charge >= 0.3 is 6.03 Å². The number of anilines is 2. The van der Waals surface area contributed by atoms with Crippen LogP contribution in [0.1, 0.15) is 12.0 Å². The monoisotopic (exact) mass is 365 g/mol. The van der Waals surface area contributed by atoms with E-state index in [-0.39, 0.29) is 11.9 Å². The lowest BCUT2D eigenvalue weighted by Crippen LogP contribution is -2.40. The number of para-hydroxylation sites is 1. The fraction of sp³-hybridized carbons (Fsp3) is 0.300. The van der Waals surface area contributed by atoms with Crippen LogP contribution in [0.3, 0.4) is 0 Å². The highest BCUT2D eigenvalue weighted by molar-refractivity contribution is 6.07. The van der Waals surface area contributed by atoms with Gasteiger partial charge in [-0.2, -0.15) is 0 Å². The Labute approximate surface area is 156 Å². The topological polar surface area (TPSA) is 79.9 Å². The molecule has 0 bridgehead atoms. The third-order valence-electron chi connectivity index (χ3n) is 5.48. The van der Waals surface area contributed by atoms with Crippen LogP contribution >= 0.6 is 0 Å². The van der Waals surface area contributed by atoms with E-state index in [4.69, 9.17) is 9.47 Å². The number of likely N-dealkylation sites (tertiary alicyclic amines) is 1. The normalized spacial score (nSPS) is 22.5. The smallest absolute Gasteiger partial charge is 0.321 e. The second-order valence-corrected chi connectivity index (χ2v) is 7.04. The van der Waals surface area contributed by atoms with Crippen molar-refractivity contribution in [3.63, 3.8) is 0 Å². The summed E-state index contributed by atoms with van der Waals surface area (Å²) in [7, 11) is 0. The zero-order valence-electron chi connectivity index (χ0n) is 14.7. The van der Waals surface area contributed by atoms with E-state index in [9.17, 15) is 9.59 Å². The summed E-state index contributed by atoms with van der Waals surface area (Å²) in [4.78, 5) is 27.1. The van der Waals surface area contributed by atoms with Crippen LogP contribution in [0.4, 0.5) is 16.2 Å². The van der Waals surface area contributed by atoms with Gasteiger partial charge in [-0.1, -0.05) is 18.2 Å². The summed E-state index contributed by atoms with van der Waals surface area (Å²) in [5.41, 5.74) is 1.81. The van der Waals surface area contributed by atoms with Gasteiger partial charge in [0.05, 0.1) is 5.41 Å². The zero-order chi connectivity index (χ0) is 18.4. The fourth-order valence-electron chi connectivity index (χ4n) is 4.09. The maximum atomic E-state index is 12.8. The number of ether oxygens (including phenoxy) is 2. The second kappa shape index (κ2) is 5.90. The van der Waals surface area contributed by atoms with E-state index < -0.39 is 5.41 Å². The number of urea groups is 1. The van der Waals surface area contributed by atoms with Crippen LogP contribution in [-0.4, -0.2) is 43.1 Å². The van der Waals surface area contributed by atoms with Crippen LogP contribution in [0, 0.1) is 0 Å². The molecule has 0 aliphatic carbocycles. The molecule has 138 valence electrons. The molecule has 0 unspecified atom stereocenters. The van der Waals surface area contributed by atoms with Crippen molar-refractivity contribution in [3.05, 3.63) is 48.0 Å². The molecule has 1 saturated heterocycles. The SMILES string of the molecule is O=C(Nc1ccc2c(c1)OCCO2)N1CC[C@]2(C1)C(=O)Nc1ccccc12. The van der Waals surface area contributed by atoms with Crippen molar-refractivity contribution < 1.29 is 19.1 Å². The van der Waals surface area contributed by atoms with Crippen molar-refractivity contribution in [3.8, 4) is 11.5 Å². The standard InChI is InChI=1S/C20H19N3O4/c24-18-20(14-3-1-2-4-15(14)22-18)7-8-23(12-20)19(25)21-13-5-6-16-17(11-13)27-10-9-26-16/h1-6,11H,7-10,12H2,(H,21,25)(H,22,24)/t20-/m1/s1. The molecular weight excluding hydrogens is 346 g/mol. The lowest BCUT2D eigenvalue weighted by molar-refractivity contribution is -0.120. The third kappa shape index (κ3) is 2.50. The van der Waals surface area contributed by atoms with Gasteiger partial charge in [0.1, 0.15) is 13.2 Å². The van der Waals surface area contributed by atoms with Gasteiger partial charge in [0.15, 0.2) is 11.5 Å². The summed E-state index contributed by atoms with van der Waals surface area (Å²) in [6.07, 6.45) is 0.615. The van der Waals surface area contributed by atoms with Gasteiger partial charge in [-0.15, -0.1) is 0 Å². The molecule has 7 nitrogen and oxygen atoms in total. The molecule has 3 amide bonds. The quantitative estimate of drug-likeness (QED) is 0.814. The van der Waals surface area contributed by atoms with Gasteiger partial charge in [0, 0.05) is 30.5 Å². The first-order valence-electron chi connectivity index (χ1n) is 9.02. The van der Waals surface area contributed by atoms with Crippen LogP contribution in [-0.2, 0) is 10.2 Å². The fourth-order valence-corrected chi connectivity index (χ4v) is 4.09. The minimum atomic E-state index is -0.652. The van der Waals surface area contributed by atoms with Gasteiger partial charge in [-0.05, 0) is 30.2 Å². The number of rotatable bonds is 1. The van der Waals surface area contributed by atoms with Crippen LogP contribution in [0.15, 0.2) is 42.5 Å². The lowest BCUT2D eigenvalue weighted by Gasteiger charge is -2.23. The Kier molecular flexibility index (Phi) is 3.50. The van der Waals surface area contributed by atoms with Gasteiger partial charge in [-0.3, -0.25) is 4.79 Å². The van der Waals surface area contributed by atoms with Crippen molar-refractivity contribution in [1.82, 2.24) is 4.90 Å². The molecule has 3 heterocycles. The number of carbonyl (C=O) groups excluding carboxylic acids is 2. The van der Waals surface area contributed by atoms with Gasteiger partial charge in [0.25, 0.3) is 0 Å². The molecule has 1 spiro atoms. The molecule has 27 heavy (non-hydrogen) atoms. The number of nitrogens with zero attached hydrogens (tertiary/aromatic N) is 1. The Morgan fingerprint density at radius 2 is 1.93 bits per heavy atom. The lowest BCUT2D eigenvalue weighted by atomic mass is 9.81. The molecule has 0 aromatic heterocycles. The molecule has 5 rings (SSSR count). The van der Waals surface area contributed by atoms with E-state index in [1.165, 1.54) is 0 Å². The van der Waals surface area contributed by atoms with Gasteiger partial charge < -0.3 is 25.0 Å². The van der Waals surface area contributed by atoms with Gasteiger partial charge in [-0.25, -0.2) is 4.79 Å². The highest BCUT2D eigenvalue weighted by atomic mass is 16.6.